The van der Waals surface area contributed by atoms with E-state index in [2.05, 4.69) is 5.32 Å². The third-order valence-corrected chi connectivity index (χ3v) is 3.45. The van der Waals surface area contributed by atoms with E-state index in [4.69, 9.17) is 23.2 Å². The quantitative estimate of drug-likeness (QED) is 0.647. The van der Waals surface area contributed by atoms with Crippen LogP contribution in [-0.2, 0) is 0 Å². The van der Waals surface area contributed by atoms with E-state index in [1.807, 2.05) is 0 Å². The molecule has 0 aliphatic carbocycles. The highest BCUT2D eigenvalue weighted by Crippen LogP contribution is 2.32. The van der Waals surface area contributed by atoms with Crippen LogP contribution in [0.1, 0.15) is 15.9 Å². The highest BCUT2D eigenvalue weighted by molar-refractivity contribution is 6.36. The number of nitrogens with zero attached hydrogens (tertiary/aromatic N) is 1. The van der Waals surface area contributed by atoms with Gasteiger partial charge in [0.05, 0.1) is 15.5 Å². The van der Waals surface area contributed by atoms with Gasteiger partial charge in [0, 0.05) is 22.8 Å². The van der Waals surface area contributed by atoms with Crippen LogP contribution in [-0.4, -0.2) is 15.9 Å². The minimum absolute atomic E-state index is 0.0435. The molecule has 0 heterocycles. The number of benzene rings is 2. The molecule has 0 unspecified atom stereocenters. The number of hydrogen-bond donors (Lipinski definition) is 2. The molecule has 0 aliphatic heterocycles. The zero-order chi connectivity index (χ0) is 16.4. The first-order valence-corrected chi connectivity index (χ1v) is 6.79. The van der Waals surface area contributed by atoms with Crippen LogP contribution >= 0.6 is 23.2 Å². The van der Waals surface area contributed by atoms with E-state index in [0.717, 1.165) is 0 Å². The Balaban J connectivity index is 2.32. The number of phenolic OH excluding ortho intramolecular Hbond substituents is 1. The van der Waals surface area contributed by atoms with Gasteiger partial charge in [0.1, 0.15) is 5.75 Å². The predicted octanol–water partition coefficient (Wildman–Crippen LogP) is 4.17. The van der Waals surface area contributed by atoms with Crippen LogP contribution in [0.15, 0.2) is 30.3 Å². The SMILES string of the molecule is Cc1cc([N+](=O)[O-])ccc1NC(=O)c1cc(Cl)cc(Cl)c1O. The van der Waals surface area contributed by atoms with Gasteiger partial charge in [0.25, 0.3) is 11.6 Å². The summed E-state index contributed by atoms with van der Waals surface area (Å²) in [6, 6.07) is 6.60. The second kappa shape index (κ2) is 6.21. The van der Waals surface area contributed by atoms with Crippen molar-refractivity contribution >= 4 is 40.5 Å². The van der Waals surface area contributed by atoms with Crippen LogP contribution in [0.5, 0.6) is 5.75 Å². The maximum Gasteiger partial charge on any atom is 0.269 e. The first kappa shape index (κ1) is 16.1. The van der Waals surface area contributed by atoms with Crippen molar-refractivity contribution in [3.63, 3.8) is 0 Å². The third kappa shape index (κ3) is 3.29. The molecule has 114 valence electrons. The van der Waals surface area contributed by atoms with Crippen molar-refractivity contribution in [1.82, 2.24) is 0 Å². The minimum atomic E-state index is -0.626. The molecular formula is C14H10Cl2N2O4. The molecule has 2 N–H and O–H groups in total. The Morgan fingerprint density at radius 1 is 1.27 bits per heavy atom. The summed E-state index contributed by atoms with van der Waals surface area (Å²) in [7, 11) is 0. The van der Waals surface area contributed by atoms with E-state index >= 15 is 0 Å². The Morgan fingerprint density at radius 3 is 2.55 bits per heavy atom. The highest BCUT2D eigenvalue weighted by Gasteiger charge is 2.17. The summed E-state index contributed by atoms with van der Waals surface area (Å²) in [5.41, 5.74) is 0.723. The van der Waals surface area contributed by atoms with Gasteiger partial charge in [-0.05, 0) is 30.7 Å². The van der Waals surface area contributed by atoms with Crippen LogP contribution in [0, 0.1) is 17.0 Å². The maximum atomic E-state index is 12.2. The number of anilines is 1. The Morgan fingerprint density at radius 2 is 1.95 bits per heavy atom. The lowest BCUT2D eigenvalue weighted by atomic mass is 10.1. The molecule has 0 aromatic heterocycles. The Bertz CT molecular complexity index is 778. The molecule has 2 rings (SSSR count). The molecule has 0 spiro atoms. The van der Waals surface area contributed by atoms with E-state index in [1.165, 1.54) is 30.3 Å². The molecule has 0 saturated heterocycles. The number of aromatic hydroxyl groups is 1. The highest BCUT2D eigenvalue weighted by atomic mass is 35.5. The number of aryl methyl sites for hydroxylation is 1. The lowest BCUT2D eigenvalue weighted by Gasteiger charge is -2.10. The summed E-state index contributed by atoms with van der Waals surface area (Å²) >= 11 is 11.6. The average Bonchev–Trinajstić information content (AvgIpc) is 2.44. The topological polar surface area (TPSA) is 92.5 Å². The van der Waals surface area contributed by atoms with Crippen LogP contribution in [0.25, 0.3) is 0 Å². The van der Waals surface area contributed by atoms with Crippen molar-refractivity contribution in [2.45, 2.75) is 6.92 Å². The molecule has 1 amide bonds. The minimum Gasteiger partial charge on any atom is -0.506 e. The predicted molar refractivity (Wildman–Crippen MR) is 83.9 cm³/mol. The second-order valence-electron chi connectivity index (χ2n) is 4.49. The van der Waals surface area contributed by atoms with E-state index < -0.39 is 10.8 Å². The zero-order valence-electron chi connectivity index (χ0n) is 11.3. The lowest BCUT2D eigenvalue weighted by molar-refractivity contribution is -0.384. The lowest BCUT2D eigenvalue weighted by Crippen LogP contribution is -2.13. The van der Waals surface area contributed by atoms with E-state index in [1.54, 1.807) is 6.92 Å². The maximum absolute atomic E-state index is 12.2. The molecule has 2 aromatic rings. The number of non-ortho nitro benzene ring substituents is 1. The first-order chi connectivity index (χ1) is 10.3. The van der Waals surface area contributed by atoms with Crippen LogP contribution in [0.4, 0.5) is 11.4 Å². The van der Waals surface area contributed by atoms with Crippen LogP contribution in [0.2, 0.25) is 10.0 Å². The summed E-state index contributed by atoms with van der Waals surface area (Å²) in [6.07, 6.45) is 0. The summed E-state index contributed by atoms with van der Waals surface area (Å²) in [5.74, 6) is -1.01. The molecular weight excluding hydrogens is 331 g/mol. The van der Waals surface area contributed by atoms with Gasteiger partial charge in [-0.3, -0.25) is 14.9 Å². The van der Waals surface area contributed by atoms with E-state index in [9.17, 15) is 20.0 Å². The van der Waals surface area contributed by atoms with Gasteiger partial charge in [-0.25, -0.2) is 0 Å². The Kier molecular flexibility index (Phi) is 4.54. The Labute approximate surface area is 135 Å². The zero-order valence-corrected chi connectivity index (χ0v) is 12.8. The van der Waals surface area contributed by atoms with Crippen molar-refractivity contribution in [2.75, 3.05) is 5.32 Å². The second-order valence-corrected chi connectivity index (χ2v) is 5.34. The molecule has 2 aromatic carbocycles. The van der Waals surface area contributed by atoms with Crippen LogP contribution < -0.4 is 5.32 Å². The molecule has 0 atom stereocenters. The molecule has 0 fully saturated rings. The molecule has 0 aliphatic rings. The number of nitro benzene ring substituents is 1. The molecule has 0 saturated carbocycles. The van der Waals surface area contributed by atoms with E-state index in [0.29, 0.717) is 11.3 Å². The number of phenols is 1. The van der Waals surface area contributed by atoms with Crippen LogP contribution in [0.3, 0.4) is 0 Å². The molecule has 6 nitrogen and oxygen atoms in total. The number of nitro groups is 1. The molecule has 22 heavy (non-hydrogen) atoms. The number of halogens is 2. The number of carbonyl (C=O) groups is 1. The summed E-state index contributed by atoms with van der Waals surface area (Å²) < 4.78 is 0. The monoisotopic (exact) mass is 340 g/mol. The Hall–Kier alpha value is -2.31. The van der Waals surface area contributed by atoms with E-state index in [-0.39, 0.29) is 27.0 Å². The number of amides is 1. The van der Waals surface area contributed by atoms with Gasteiger partial charge in [0.15, 0.2) is 0 Å². The van der Waals surface area contributed by atoms with Crippen molar-refractivity contribution in [3.05, 3.63) is 61.6 Å². The molecule has 0 bridgehead atoms. The van der Waals surface area contributed by atoms with Gasteiger partial charge >= 0.3 is 0 Å². The number of hydrogen-bond acceptors (Lipinski definition) is 4. The molecule has 8 heteroatoms. The fraction of sp³-hybridized carbons (Fsp3) is 0.0714. The first-order valence-electron chi connectivity index (χ1n) is 6.04. The fourth-order valence-corrected chi connectivity index (χ4v) is 2.32. The van der Waals surface area contributed by atoms with Crippen molar-refractivity contribution in [3.8, 4) is 5.75 Å². The largest absolute Gasteiger partial charge is 0.506 e. The van der Waals surface area contributed by atoms with Gasteiger partial charge in [-0.2, -0.15) is 0 Å². The molecule has 0 radical (unpaired) electrons. The standard InChI is InChI=1S/C14H10Cl2N2O4/c1-7-4-9(18(21)22)2-3-12(7)17-14(20)10-5-8(15)6-11(16)13(10)19/h2-6,19H,1H3,(H,17,20). The number of nitrogens with one attached hydrogen (secondary N) is 1. The smallest absolute Gasteiger partial charge is 0.269 e. The van der Waals surface area contributed by atoms with Gasteiger partial charge in [-0.1, -0.05) is 23.2 Å². The normalized spacial score (nSPS) is 10.3. The number of carbonyl (C=O) groups excluding carboxylic acids is 1. The number of rotatable bonds is 3. The van der Waals surface area contributed by atoms with Crippen molar-refractivity contribution in [2.24, 2.45) is 0 Å². The summed E-state index contributed by atoms with van der Waals surface area (Å²) in [4.78, 5) is 22.3. The van der Waals surface area contributed by atoms with Crippen molar-refractivity contribution < 1.29 is 14.8 Å². The fourth-order valence-electron chi connectivity index (χ4n) is 1.83. The van der Waals surface area contributed by atoms with Gasteiger partial charge in [-0.15, -0.1) is 0 Å². The van der Waals surface area contributed by atoms with Crippen molar-refractivity contribution in [1.29, 1.82) is 0 Å². The average molecular weight is 341 g/mol. The summed E-state index contributed by atoms with van der Waals surface area (Å²) in [5, 5.41) is 23.2. The van der Waals surface area contributed by atoms with Gasteiger partial charge < -0.3 is 10.4 Å². The summed E-state index contributed by atoms with van der Waals surface area (Å²) in [6.45, 7) is 1.62. The van der Waals surface area contributed by atoms with Gasteiger partial charge in [0.2, 0.25) is 0 Å². The third-order valence-electron chi connectivity index (χ3n) is 2.94.